The number of likely N-dealkylation sites (N-methyl/N-ethyl adjacent to an activating group) is 1. The van der Waals surface area contributed by atoms with Crippen LogP contribution in [0.25, 0.3) is 10.9 Å². The van der Waals surface area contributed by atoms with E-state index in [4.69, 9.17) is 0 Å². The third kappa shape index (κ3) is 2.27. The molecule has 0 saturated carbocycles. The highest BCUT2D eigenvalue weighted by molar-refractivity contribution is 7.90. The molecule has 5 rings (SSSR count). The lowest BCUT2D eigenvalue weighted by Gasteiger charge is -2.37. The number of hydrogen-bond acceptors (Lipinski definition) is 4. The van der Waals surface area contributed by atoms with Crippen LogP contribution in [0.3, 0.4) is 0 Å². The van der Waals surface area contributed by atoms with Crippen molar-refractivity contribution in [1.82, 2.24) is 14.2 Å². The van der Waals surface area contributed by atoms with Crippen LogP contribution < -0.4 is 5.32 Å². The molecule has 140 valence electrons. The normalized spacial score (nSPS) is 25.5. The van der Waals surface area contributed by atoms with Crippen molar-refractivity contribution in [3.63, 3.8) is 0 Å². The molecule has 2 aliphatic rings. The lowest BCUT2D eigenvalue weighted by Crippen LogP contribution is -2.48. The van der Waals surface area contributed by atoms with Crippen molar-refractivity contribution in [3.8, 4) is 0 Å². The molecule has 6 heteroatoms. The summed E-state index contributed by atoms with van der Waals surface area (Å²) in [6.45, 7) is 3.77. The second-order valence-corrected chi connectivity index (χ2v) is 9.60. The first kappa shape index (κ1) is 17.0. The highest BCUT2D eigenvalue weighted by Crippen LogP contribution is 2.44. The third-order valence-electron chi connectivity index (χ3n) is 6.32. The molecule has 0 amide bonds. The van der Waals surface area contributed by atoms with Crippen molar-refractivity contribution in [2.75, 3.05) is 20.1 Å². The quantitative estimate of drug-likeness (QED) is 0.758. The molecule has 2 bridgehead atoms. The van der Waals surface area contributed by atoms with Gasteiger partial charge in [-0.25, -0.2) is 12.4 Å². The van der Waals surface area contributed by atoms with Crippen LogP contribution in [0, 0.1) is 6.92 Å². The number of benzene rings is 2. The maximum absolute atomic E-state index is 13.3. The minimum absolute atomic E-state index is 0.0528. The van der Waals surface area contributed by atoms with Gasteiger partial charge in [0.1, 0.15) is 0 Å². The number of nitrogens with zero attached hydrogens (tertiary/aromatic N) is 2. The summed E-state index contributed by atoms with van der Waals surface area (Å²) in [6, 6.07) is 15.6. The average molecular weight is 382 g/mol. The molecule has 27 heavy (non-hydrogen) atoms. The fourth-order valence-electron chi connectivity index (χ4n) is 4.91. The zero-order chi connectivity index (χ0) is 18.8. The van der Waals surface area contributed by atoms with Gasteiger partial charge in [0.05, 0.1) is 16.0 Å². The Morgan fingerprint density at radius 1 is 1.11 bits per heavy atom. The number of hydrogen-bond donors (Lipinski definition) is 1. The lowest BCUT2D eigenvalue weighted by molar-refractivity contribution is 0.165. The van der Waals surface area contributed by atoms with Crippen molar-refractivity contribution in [1.29, 1.82) is 0 Å². The molecule has 1 N–H and O–H groups in total. The smallest absolute Gasteiger partial charge is 0.268 e. The predicted octanol–water partition coefficient (Wildman–Crippen LogP) is 2.69. The number of nitrogens with one attached hydrogen (secondary N) is 1. The third-order valence-corrected chi connectivity index (χ3v) is 8.17. The highest BCUT2D eigenvalue weighted by atomic mass is 32.2. The molecule has 0 radical (unpaired) electrons. The van der Waals surface area contributed by atoms with Crippen LogP contribution in [-0.2, 0) is 15.6 Å². The largest absolute Gasteiger partial charge is 0.310 e. The molecule has 5 nitrogen and oxygen atoms in total. The van der Waals surface area contributed by atoms with E-state index in [9.17, 15) is 8.42 Å². The van der Waals surface area contributed by atoms with Gasteiger partial charge in [-0.2, -0.15) is 0 Å². The lowest BCUT2D eigenvalue weighted by atomic mass is 9.87. The average Bonchev–Trinajstić information content (AvgIpc) is 3.34. The summed E-state index contributed by atoms with van der Waals surface area (Å²) in [4.78, 5) is 2.77. The molecule has 3 heterocycles. The van der Waals surface area contributed by atoms with Crippen LogP contribution in [0.5, 0.6) is 0 Å². The van der Waals surface area contributed by atoms with Gasteiger partial charge in [0.15, 0.2) is 0 Å². The minimum atomic E-state index is -3.64. The Labute approximate surface area is 159 Å². The zero-order valence-corrected chi connectivity index (χ0v) is 16.3. The maximum atomic E-state index is 13.3. The number of fused-ring (bicyclic) bond motifs is 3. The van der Waals surface area contributed by atoms with E-state index in [1.807, 2.05) is 37.3 Å². The molecule has 2 aliphatic heterocycles. The fourth-order valence-corrected chi connectivity index (χ4v) is 6.49. The minimum Gasteiger partial charge on any atom is -0.310 e. The van der Waals surface area contributed by atoms with Crippen molar-refractivity contribution < 1.29 is 8.42 Å². The van der Waals surface area contributed by atoms with Gasteiger partial charge in [-0.15, -0.1) is 0 Å². The summed E-state index contributed by atoms with van der Waals surface area (Å²) in [5.41, 5.74) is 2.66. The van der Waals surface area contributed by atoms with E-state index in [2.05, 4.69) is 23.3 Å². The first-order chi connectivity index (χ1) is 12.9. The number of aryl methyl sites for hydroxylation is 1. The van der Waals surface area contributed by atoms with E-state index in [1.165, 1.54) is 9.54 Å². The van der Waals surface area contributed by atoms with Crippen LogP contribution in [0.1, 0.15) is 17.5 Å². The predicted molar refractivity (Wildman–Crippen MR) is 106 cm³/mol. The van der Waals surface area contributed by atoms with E-state index in [0.717, 1.165) is 36.0 Å². The zero-order valence-electron chi connectivity index (χ0n) is 15.5. The Morgan fingerprint density at radius 3 is 2.63 bits per heavy atom. The molecule has 1 aromatic heterocycles. The van der Waals surface area contributed by atoms with Gasteiger partial charge in [-0.1, -0.05) is 30.3 Å². The molecular weight excluding hydrogens is 358 g/mol. The van der Waals surface area contributed by atoms with Crippen molar-refractivity contribution in [3.05, 3.63) is 65.9 Å². The van der Waals surface area contributed by atoms with Gasteiger partial charge in [0.25, 0.3) is 10.0 Å². The molecule has 2 aromatic carbocycles. The van der Waals surface area contributed by atoms with Gasteiger partial charge >= 0.3 is 0 Å². The first-order valence-corrected chi connectivity index (χ1v) is 10.7. The number of likely N-dealkylation sites (tertiary alicyclic amines) is 1. The molecular formula is C21H23N3O2S. The van der Waals surface area contributed by atoms with Crippen molar-refractivity contribution in [2.45, 2.75) is 29.8 Å². The highest BCUT2D eigenvalue weighted by Gasteiger charge is 2.50. The summed E-state index contributed by atoms with van der Waals surface area (Å²) in [6.07, 6.45) is 2.76. The number of piperazine rings is 1. The summed E-state index contributed by atoms with van der Waals surface area (Å²) in [5.74, 6) is 0. The van der Waals surface area contributed by atoms with E-state index in [-0.39, 0.29) is 5.54 Å². The van der Waals surface area contributed by atoms with E-state index in [1.54, 1.807) is 18.3 Å². The molecule has 0 spiro atoms. The maximum Gasteiger partial charge on any atom is 0.268 e. The molecule has 0 unspecified atom stereocenters. The number of rotatable bonds is 3. The van der Waals surface area contributed by atoms with E-state index in [0.29, 0.717) is 10.9 Å². The SMILES string of the molecule is Cc1ccccc1S(=O)(=O)n1ccc2c([C@@]34CN[C@H](CN3C)C4)cccc21. The summed E-state index contributed by atoms with van der Waals surface area (Å²) >= 11 is 0. The Kier molecular flexibility index (Phi) is 3.57. The van der Waals surface area contributed by atoms with E-state index >= 15 is 0 Å². The Balaban J connectivity index is 1.71. The first-order valence-electron chi connectivity index (χ1n) is 9.30. The van der Waals surface area contributed by atoms with Gasteiger partial charge in [0.2, 0.25) is 0 Å². The molecule has 2 saturated heterocycles. The topological polar surface area (TPSA) is 54.3 Å². The molecule has 0 aliphatic carbocycles. The van der Waals surface area contributed by atoms with E-state index < -0.39 is 10.0 Å². The summed E-state index contributed by atoms with van der Waals surface area (Å²) < 4.78 is 28.1. The fraction of sp³-hybridized carbons (Fsp3) is 0.333. The van der Waals surface area contributed by atoms with Crippen LogP contribution in [0.15, 0.2) is 59.6 Å². The summed E-state index contributed by atoms with van der Waals surface area (Å²) in [5, 5.41) is 4.61. The monoisotopic (exact) mass is 381 g/mol. The van der Waals surface area contributed by atoms with Crippen LogP contribution >= 0.6 is 0 Å². The molecule has 2 atom stereocenters. The number of aromatic nitrogens is 1. The van der Waals surface area contributed by atoms with Crippen LogP contribution in [-0.4, -0.2) is 43.5 Å². The van der Waals surface area contributed by atoms with Gasteiger partial charge in [-0.05, 0) is 49.7 Å². The van der Waals surface area contributed by atoms with Crippen LogP contribution in [0.2, 0.25) is 0 Å². The second-order valence-electron chi connectivity index (χ2n) is 7.81. The van der Waals surface area contributed by atoms with Crippen molar-refractivity contribution in [2.24, 2.45) is 0 Å². The Hall–Kier alpha value is -2.15. The molecule has 3 aromatic rings. The standard InChI is InChI=1S/C21H23N3O2S/c1-15-6-3-4-9-20(15)27(25,26)24-11-10-17-18(7-5-8-19(17)24)21-12-16(22-14-21)13-23(21)2/h3-11,16,22H,12-14H2,1-2H3/t16-,21+/m0/s1. The Bertz CT molecular complexity index is 1150. The van der Waals surface area contributed by atoms with Crippen molar-refractivity contribution >= 4 is 20.9 Å². The van der Waals surface area contributed by atoms with Gasteiger partial charge in [-0.3, -0.25) is 4.90 Å². The van der Waals surface area contributed by atoms with Crippen LogP contribution in [0.4, 0.5) is 0 Å². The van der Waals surface area contributed by atoms with Gasteiger partial charge in [0, 0.05) is 30.7 Å². The Morgan fingerprint density at radius 2 is 1.93 bits per heavy atom. The second kappa shape index (κ2) is 5.67. The molecule has 2 fully saturated rings. The van der Waals surface area contributed by atoms with Gasteiger partial charge < -0.3 is 5.32 Å². The summed E-state index contributed by atoms with van der Waals surface area (Å²) in [7, 11) is -1.47.